The number of hydrogen-bond acceptors (Lipinski definition) is 2. The molecule has 0 saturated carbocycles. The van der Waals surface area contributed by atoms with E-state index in [1.165, 1.54) is 0 Å². The summed E-state index contributed by atoms with van der Waals surface area (Å²) >= 11 is 0. The molecule has 16 heavy (non-hydrogen) atoms. The molecule has 1 rings (SSSR count). The molecule has 98 valence electrons. The van der Waals surface area contributed by atoms with Gasteiger partial charge in [0.1, 0.15) is 0 Å². The number of carbonyl (C=O) groups is 1. The second-order valence-corrected chi connectivity index (χ2v) is 4.25. The molecule has 1 N–H and O–H groups in total. The van der Waals surface area contributed by atoms with Gasteiger partial charge in [-0.1, -0.05) is 27.2 Å². The molecule has 0 bridgehead atoms. The zero-order valence-electron chi connectivity index (χ0n) is 11.4. The maximum atomic E-state index is 11.4. The summed E-state index contributed by atoms with van der Waals surface area (Å²) in [6.45, 7) is 8.33. The second kappa shape index (κ2) is 9.64. The molecule has 0 spiro atoms. The molecule has 0 aliphatic carbocycles. The number of nitrogens with one attached hydrogen (secondary N) is 1. The fourth-order valence-electron chi connectivity index (χ4n) is 1.79. The maximum Gasteiger partial charge on any atom is 0.220 e. The summed E-state index contributed by atoms with van der Waals surface area (Å²) in [5, 5.41) is 3.11. The van der Waals surface area contributed by atoms with Crippen LogP contribution in [0.5, 0.6) is 0 Å². The number of unbranched alkanes of at least 4 members (excludes halogenated alkanes) is 1. The van der Waals surface area contributed by atoms with Gasteiger partial charge in [-0.15, -0.1) is 0 Å². The molecule has 0 atom stereocenters. The van der Waals surface area contributed by atoms with Gasteiger partial charge in [0.15, 0.2) is 0 Å². The van der Waals surface area contributed by atoms with E-state index in [1.807, 2.05) is 13.8 Å². The van der Waals surface area contributed by atoms with Gasteiger partial charge < -0.3 is 10.2 Å². The molecule has 1 aliphatic heterocycles. The highest BCUT2D eigenvalue weighted by Crippen LogP contribution is 2.08. The Kier molecular flexibility index (Phi) is 9.30. The Balaban J connectivity index is 0. The van der Waals surface area contributed by atoms with Crippen molar-refractivity contribution in [3.05, 3.63) is 0 Å². The van der Waals surface area contributed by atoms with E-state index in [4.69, 9.17) is 0 Å². The molecular formula is C13H30N2O. The van der Waals surface area contributed by atoms with Gasteiger partial charge in [0.05, 0.1) is 0 Å². The zero-order valence-corrected chi connectivity index (χ0v) is 11.4. The lowest BCUT2D eigenvalue weighted by atomic mass is 10.1. The first-order valence-corrected chi connectivity index (χ1v) is 6.70. The molecule has 1 saturated heterocycles. The summed E-state index contributed by atoms with van der Waals surface area (Å²) in [5.74, 6) is 0.237. The molecule has 1 heterocycles. The standard InChI is InChI=1S/C11H22N2O.C2H6.H2/c1-3-4-5-11(14)12-10-6-8-13(2)9-7-10;1-2;/h10H,3-9H2,1-2H3,(H,12,14);1-2H3;1H. The van der Waals surface area contributed by atoms with Crippen molar-refractivity contribution in [1.82, 2.24) is 10.2 Å². The highest BCUT2D eigenvalue weighted by Gasteiger charge is 2.17. The fraction of sp³-hybridized carbons (Fsp3) is 0.923. The van der Waals surface area contributed by atoms with E-state index in [0.717, 1.165) is 38.8 Å². The lowest BCUT2D eigenvalue weighted by Gasteiger charge is -2.29. The molecule has 0 radical (unpaired) electrons. The molecular weight excluding hydrogens is 200 g/mol. The highest BCUT2D eigenvalue weighted by molar-refractivity contribution is 5.76. The predicted octanol–water partition coefficient (Wildman–Crippen LogP) is 2.66. The van der Waals surface area contributed by atoms with E-state index in [-0.39, 0.29) is 7.33 Å². The average Bonchev–Trinajstić information content (AvgIpc) is 2.32. The van der Waals surface area contributed by atoms with Crippen LogP contribution in [0.3, 0.4) is 0 Å². The SMILES string of the molecule is CC.CCCCC(=O)NC1CCN(C)CC1.[HH]. The van der Waals surface area contributed by atoms with Crippen LogP contribution in [0.1, 0.15) is 54.3 Å². The molecule has 0 aromatic carbocycles. The van der Waals surface area contributed by atoms with Crippen molar-refractivity contribution < 1.29 is 6.22 Å². The van der Waals surface area contributed by atoms with E-state index < -0.39 is 0 Å². The third-order valence-corrected chi connectivity index (χ3v) is 2.84. The van der Waals surface area contributed by atoms with Crippen molar-refractivity contribution in [2.24, 2.45) is 0 Å². The maximum absolute atomic E-state index is 11.4. The van der Waals surface area contributed by atoms with Gasteiger partial charge in [-0.05, 0) is 39.4 Å². The van der Waals surface area contributed by atoms with E-state index in [0.29, 0.717) is 12.5 Å². The molecule has 3 heteroatoms. The number of likely N-dealkylation sites (tertiary alicyclic amines) is 1. The van der Waals surface area contributed by atoms with E-state index in [2.05, 4.69) is 24.2 Å². The molecule has 1 aliphatic rings. The summed E-state index contributed by atoms with van der Waals surface area (Å²) in [6, 6.07) is 0.426. The first-order valence-electron chi connectivity index (χ1n) is 6.70. The molecule has 3 nitrogen and oxygen atoms in total. The number of amides is 1. The van der Waals surface area contributed by atoms with Gasteiger partial charge in [0.2, 0.25) is 5.91 Å². The smallest absolute Gasteiger partial charge is 0.220 e. The zero-order chi connectivity index (χ0) is 12.4. The average molecular weight is 230 g/mol. The van der Waals surface area contributed by atoms with Crippen LogP contribution in [0.25, 0.3) is 0 Å². The Hall–Kier alpha value is -0.570. The third kappa shape index (κ3) is 6.83. The van der Waals surface area contributed by atoms with Crippen molar-refractivity contribution in [1.29, 1.82) is 0 Å². The first kappa shape index (κ1) is 15.4. The second-order valence-electron chi connectivity index (χ2n) is 4.25. The first-order chi connectivity index (χ1) is 7.72. The van der Waals surface area contributed by atoms with Crippen molar-refractivity contribution >= 4 is 5.91 Å². The largest absolute Gasteiger partial charge is 0.353 e. The number of piperidine rings is 1. The van der Waals surface area contributed by atoms with Crippen molar-refractivity contribution in [3.63, 3.8) is 0 Å². The molecule has 0 aromatic rings. The lowest BCUT2D eigenvalue weighted by Crippen LogP contribution is -2.43. The normalized spacial score (nSPS) is 17.5. The van der Waals surface area contributed by atoms with Gasteiger partial charge >= 0.3 is 0 Å². The highest BCUT2D eigenvalue weighted by atomic mass is 16.1. The van der Waals surface area contributed by atoms with Gasteiger partial charge in [-0.2, -0.15) is 0 Å². The quantitative estimate of drug-likeness (QED) is 0.805. The van der Waals surface area contributed by atoms with Crippen molar-refractivity contribution in [3.8, 4) is 0 Å². The third-order valence-electron chi connectivity index (χ3n) is 2.84. The predicted molar refractivity (Wildman–Crippen MR) is 71.6 cm³/mol. The van der Waals surface area contributed by atoms with Crippen LogP contribution < -0.4 is 5.32 Å². The van der Waals surface area contributed by atoms with Crippen molar-refractivity contribution in [2.45, 2.75) is 58.9 Å². The van der Waals surface area contributed by atoms with Crippen molar-refractivity contribution in [2.75, 3.05) is 20.1 Å². The van der Waals surface area contributed by atoms with Gasteiger partial charge in [-0.25, -0.2) is 0 Å². The minimum atomic E-state index is 0. The number of nitrogens with zero attached hydrogens (tertiary/aromatic N) is 1. The molecule has 0 aromatic heterocycles. The van der Waals surface area contributed by atoms with Gasteiger partial charge in [0.25, 0.3) is 0 Å². The Bertz CT molecular complexity index is 180. The van der Waals surface area contributed by atoms with Gasteiger partial charge in [0, 0.05) is 13.9 Å². The van der Waals surface area contributed by atoms with Crippen LogP contribution in [0.4, 0.5) is 0 Å². The molecule has 0 unspecified atom stereocenters. The topological polar surface area (TPSA) is 32.3 Å². The van der Waals surface area contributed by atoms with Crippen LogP contribution in [0.15, 0.2) is 0 Å². The minimum Gasteiger partial charge on any atom is -0.353 e. The summed E-state index contributed by atoms with van der Waals surface area (Å²) in [5.41, 5.74) is 0. The van der Waals surface area contributed by atoms with Gasteiger partial charge in [-0.3, -0.25) is 4.79 Å². The number of carbonyl (C=O) groups excluding carboxylic acids is 1. The minimum absolute atomic E-state index is 0. The summed E-state index contributed by atoms with van der Waals surface area (Å²) in [4.78, 5) is 13.7. The van der Waals surface area contributed by atoms with E-state index >= 15 is 0 Å². The number of hydrogen-bond donors (Lipinski definition) is 1. The summed E-state index contributed by atoms with van der Waals surface area (Å²) < 4.78 is 0. The fourth-order valence-corrected chi connectivity index (χ4v) is 1.79. The van der Waals surface area contributed by atoms with Crippen LogP contribution in [-0.2, 0) is 4.79 Å². The van der Waals surface area contributed by atoms with E-state index in [1.54, 1.807) is 0 Å². The summed E-state index contributed by atoms with van der Waals surface area (Å²) in [7, 11) is 2.13. The Morgan fingerprint density at radius 1 is 1.38 bits per heavy atom. The lowest BCUT2D eigenvalue weighted by molar-refractivity contribution is -0.122. The monoisotopic (exact) mass is 230 g/mol. The summed E-state index contributed by atoms with van der Waals surface area (Å²) in [6.07, 6.45) is 5.02. The van der Waals surface area contributed by atoms with Crippen LogP contribution >= 0.6 is 0 Å². The Labute approximate surface area is 102 Å². The van der Waals surface area contributed by atoms with E-state index in [9.17, 15) is 4.79 Å². The molecule has 1 amide bonds. The molecule has 1 fully saturated rings. The van der Waals surface area contributed by atoms with Crippen LogP contribution in [-0.4, -0.2) is 37.0 Å². The number of rotatable bonds is 4. The van der Waals surface area contributed by atoms with Crippen LogP contribution in [0.2, 0.25) is 0 Å². The Morgan fingerprint density at radius 2 is 1.94 bits per heavy atom. The van der Waals surface area contributed by atoms with Crippen LogP contribution in [0, 0.1) is 0 Å². The Morgan fingerprint density at radius 3 is 2.44 bits per heavy atom.